The van der Waals surface area contributed by atoms with Crippen molar-refractivity contribution in [2.24, 2.45) is 0 Å². The highest BCUT2D eigenvalue weighted by Crippen LogP contribution is 2.03. The van der Waals surface area contributed by atoms with Gasteiger partial charge in [0.05, 0.1) is 0 Å². The lowest BCUT2D eigenvalue weighted by Crippen LogP contribution is -2.37. The van der Waals surface area contributed by atoms with Crippen LogP contribution in [0.5, 0.6) is 0 Å². The molecule has 2 aromatic rings. The number of nitrogens with zero attached hydrogens (tertiary/aromatic N) is 1. The molecule has 0 aliphatic carbocycles. The summed E-state index contributed by atoms with van der Waals surface area (Å²) in [7, 11) is 0. The second-order valence-electron chi connectivity index (χ2n) is 4.77. The molecule has 0 radical (unpaired) electrons. The van der Waals surface area contributed by atoms with Crippen molar-refractivity contribution in [1.82, 2.24) is 0 Å². The van der Waals surface area contributed by atoms with Crippen molar-refractivity contribution >= 4 is 5.78 Å². The summed E-state index contributed by atoms with van der Waals surface area (Å²) in [6.45, 7) is 2.60. The Morgan fingerprint density at radius 2 is 1.74 bits per heavy atom. The van der Waals surface area contributed by atoms with Gasteiger partial charge in [-0.05, 0) is 18.4 Å². The van der Waals surface area contributed by atoms with E-state index < -0.39 is 0 Å². The van der Waals surface area contributed by atoms with Gasteiger partial charge in [-0.15, -0.1) is 0 Å². The molecule has 0 aliphatic rings. The van der Waals surface area contributed by atoms with Gasteiger partial charge < -0.3 is 0 Å². The fourth-order valence-electron chi connectivity index (χ4n) is 2.02. The molecule has 2 nitrogen and oxygen atoms in total. The lowest BCUT2D eigenvalue weighted by molar-refractivity contribution is -0.683. The molecule has 1 aromatic carbocycles. The van der Waals surface area contributed by atoms with Crippen molar-refractivity contribution in [3.05, 3.63) is 66.0 Å². The third-order valence-electron chi connectivity index (χ3n) is 3.20. The van der Waals surface area contributed by atoms with Gasteiger partial charge in [-0.1, -0.05) is 43.7 Å². The summed E-state index contributed by atoms with van der Waals surface area (Å²) >= 11 is 0. The summed E-state index contributed by atoms with van der Waals surface area (Å²) in [5, 5.41) is 0. The summed E-state index contributed by atoms with van der Waals surface area (Å²) in [4.78, 5) is 12.1. The van der Waals surface area contributed by atoms with E-state index in [9.17, 15) is 4.79 Å². The quantitative estimate of drug-likeness (QED) is 0.573. The number of benzene rings is 1. The molecular formula is C17H20NO+. The fraction of sp³-hybridized carbons (Fsp3) is 0.294. The molecule has 0 atom stereocenters. The molecule has 0 bridgehead atoms. The van der Waals surface area contributed by atoms with E-state index in [0.717, 1.165) is 12.0 Å². The first-order valence-electron chi connectivity index (χ1n) is 6.86. The largest absolute Gasteiger partial charge is 0.287 e. The zero-order valence-electron chi connectivity index (χ0n) is 11.4. The number of hydrogen-bond donors (Lipinski definition) is 0. The van der Waals surface area contributed by atoms with Crippen LogP contribution in [0.15, 0.2) is 54.9 Å². The van der Waals surface area contributed by atoms with Crippen LogP contribution in [0.1, 0.15) is 35.7 Å². The molecule has 1 heterocycles. The molecule has 98 valence electrons. The highest BCUT2D eigenvalue weighted by Gasteiger charge is 2.11. The maximum Gasteiger partial charge on any atom is 0.227 e. The average molecular weight is 254 g/mol. The van der Waals surface area contributed by atoms with Gasteiger partial charge in [-0.2, -0.15) is 4.57 Å². The first-order valence-corrected chi connectivity index (χ1v) is 6.86. The van der Waals surface area contributed by atoms with E-state index in [1.807, 2.05) is 47.3 Å². The second-order valence-corrected chi connectivity index (χ2v) is 4.77. The number of carbonyl (C=O) groups is 1. The topological polar surface area (TPSA) is 20.9 Å². The maximum absolute atomic E-state index is 12.1. The fourth-order valence-corrected chi connectivity index (χ4v) is 2.02. The van der Waals surface area contributed by atoms with Crippen molar-refractivity contribution in [3.63, 3.8) is 0 Å². The number of Topliss-reactive ketones (excluding diaryl/α,β-unsaturated/α-hetero) is 1. The van der Waals surface area contributed by atoms with Crippen LogP contribution in [0.3, 0.4) is 0 Å². The van der Waals surface area contributed by atoms with Gasteiger partial charge in [0.25, 0.3) is 0 Å². The van der Waals surface area contributed by atoms with E-state index in [-0.39, 0.29) is 5.78 Å². The van der Waals surface area contributed by atoms with Crippen LogP contribution in [0.2, 0.25) is 0 Å². The first-order chi connectivity index (χ1) is 9.29. The van der Waals surface area contributed by atoms with E-state index >= 15 is 0 Å². The summed E-state index contributed by atoms with van der Waals surface area (Å²) in [5.74, 6) is 0.145. The molecule has 0 fully saturated rings. The van der Waals surface area contributed by atoms with Crippen molar-refractivity contribution < 1.29 is 9.36 Å². The maximum atomic E-state index is 12.1. The Bertz CT molecular complexity index is 517. The molecule has 0 saturated heterocycles. The predicted octanol–water partition coefficient (Wildman–Crippen LogP) is 3.20. The second kappa shape index (κ2) is 6.83. The van der Waals surface area contributed by atoms with Crippen LogP contribution in [0.25, 0.3) is 0 Å². The summed E-state index contributed by atoms with van der Waals surface area (Å²) in [6, 6.07) is 13.6. The molecule has 19 heavy (non-hydrogen) atoms. The molecule has 0 saturated carbocycles. The zero-order valence-corrected chi connectivity index (χ0v) is 11.4. The van der Waals surface area contributed by atoms with Gasteiger partial charge in [0.2, 0.25) is 12.3 Å². The normalized spacial score (nSPS) is 10.4. The number of carbonyl (C=O) groups excluding carboxylic acids is 1. The third kappa shape index (κ3) is 4.02. The van der Waals surface area contributed by atoms with E-state index in [1.165, 1.54) is 18.4 Å². The standard InChI is InChI=1S/C17H20NO/c1-2-3-7-15-10-12-18(13-11-15)14-17(19)16-8-5-4-6-9-16/h4-6,8-13H,2-3,7,14H2,1H3/q+1. The molecule has 0 aliphatic heterocycles. The van der Waals surface area contributed by atoms with Crippen LogP contribution in [-0.4, -0.2) is 5.78 Å². The lowest BCUT2D eigenvalue weighted by Gasteiger charge is -2.00. The Kier molecular flexibility index (Phi) is 4.85. The number of unbranched alkanes of at least 4 members (excludes halogenated alkanes) is 1. The number of aryl methyl sites for hydroxylation is 1. The molecule has 2 rings (SSSR count). The number of rotatable bonds is 6. The van der Waals surface area contributed by atoms with Crippen molar-refractivity contribution in [2.75, 3.05) is 0 Å². The van der Waals surface area contributed by atoms with Crippen LogP contribution in [-0.2, 0) is 13.0 Å². The van der Waals surface area contributed by atoms with E-state index in [4.69, 9.17) is 0 Å². The highest BCUT2D eigenvalue weighted by atomic mass is 16.1. The molecule has 1 aromatic heterocycles. The number of pyridine rings is 1. The first kappa shape index (κ1) is 13.5. The number of hydrogen-bond acceptors (Lipinski definition) is 1. The van der Waals surface area contributed by atoms with Crippen LogP contribution < -0.4 is 4.57 Å². The van der Waals surface area contributed by atoms with E-state index in [0.29, 0.717) is 6.54 Å². The van der Waals surface area contributed by atoms with Gasteiger partial charge in [-0.25, -0.2) is 0 Å². The summed E-state index contributed by atoms with van der Waals surface area (Å²) < 4.78 is 1.94. The monoisotopic (exact) mass is 254 g/mol. The van der Waals surface area contributed by atoms with Gasteiger partial charge in [0, 0.05) is 17.7 Å². The predicted molar refractivity (Wildman–Crippen MR) is 76.0 cm³/mol. The van der Waals surface area contributed by atoms with Crippen molar-refractivity contribution in [3.8, 4) is 0 Å². The number of ketones is 1. The van der Waals surface area contributed by atoms with Crippen molar-refractivity contribution in [1.29, 1.82) is 0 Å². The van der Waals surface area contributed by atoms with Crippen molar-refractivity contribution in [2.45, 2.75) is 32.7 Å². The summed E-state index contributed by atoms with van der Waals surface area (Å²) in [5.41, 5.74) is 2.11. The van der Waals surface area contributed by atoms with Crippen LogP contribution in [0, 0.1) is 0 Å². The minimum atomic E-state index is 0.145. The minimum Gasteiger partial charge on any atom is -0.287 e. The molecule has 0 N–H and O–H groups in total. The minimum absolute atomic E-state index is 0.145. The van der Waals surface area contributed by atoms with Crippen LogP contribution in [0.4, 0.5) is 0 Å². The Morgan fingerprint density at radius 3 is 2.37 bits per heavy atom. The van der Waals surface area contributed by atoms with Gasteiger partial charge in [0.1, 0.15) is 0 Å². The van der Waals surface area contributed by atoms with Gasteiger partial charge in [0.15, 0.2) is 12.4 Å². The Hall–Kier alpha value is -1.96. The average Bonchev–Trinajstić information content (AvgIpc) is 2.47. The molecule has 0 spiro atoms. The van der Waals surface area contributed by atoms with E-state index in [2.05, 4.69) is 19.1 Å². The Morgan fingerprint density at radius 1 is 1.05 bits per heavy atom. The zero-order chi connectivity index (χ0) is 13.5. The summed E-state index contributed by atoms with van der Waals surface area (Å²) in [6.07, 6.45) is 7.52. The third-order valence-corrected chi connectivity index (χ3v) is 3.20. The Balaban J connectivity index is 1.98. The highest BCUT2D eigenvalue weighted by molar-refractivity contribution is 5.94. The molecule has 2 heteroatoms. The van der Waals surface area contributed by atoms with E-state index in [1.54, 1.807) is 0 Å². The van der Waals surface area contributed by atoms with Gasteiger partial charge in [-0.3, -0.25) is 4.79 Å². The Labute approximate surface area is 114 Å². The molecule has 0 amide bonds. The molecule has 0 unspecified atom stereocenters. The van der Waals surface area contributed by atoms with Gasteiger partial charge >= 0.3 is 0 Å². The smallest absolute Gasteiger partial charge is 0.227 e. The van der Waals surface area contributed by atoms with Crippen LogP contribution >= 0.6 is 0 Å². The molecular weight excluding hydrogens is 234 g/mol. The lowest BCUT2D eigenvalue weighted by atomic mass is 10.1. The number of aromatic nitrogens is 1. The SMILES string of the molecule is CCCCc1cc[n+](CC(=O)c2ccccc2)cc1.